The molecule has 1 aromatic heterocycles. The van der Waals surface area contributed by atoms with Crippen molar-refractivity contribution < 1.29 is 9.53 Å². The summed E-state index contributed by atoms with van der Waals surface area (Å²) in [4.78, 5) is 25.0. The summed E-state index contributed by atoms with van der Waals surface area (Å²) < 4.78 is 7.20. The van der Waals surface area contributed by atoms with Gasteiger partial charge in [-0.2, -0.15) is 0 Å². The highest BCUT2D eigenvalue weighted by molar-refractivity contribution is 6.31. The van der Waals surface area contributed by atoms with Crippen molar-refractivity contribution in [3.8, 4) is 16.9 Å². The third-order valence-electron chi connectivity index (χ3n) is 4.74. The Morgan fingerprint density at radius 1 is 1.31 bits per heavy atom. The molecule has 0 fully saturated rings. The molecule has 4 nitrogen and oxygen atoms in total. The fourth-order valence-electron chi connectivity index (χ4n) is 3.21. The van der Waals surface area contributed by atoms with Crippen LogP contribution in [0, 0.1) is 0 Å². The highest BCUT2D eigenvalue weighted by Crippen LogP contribution is 2.34. The van der Waals surface area contributed by atoms with Crippen LogP contribution < -0.4 is 10.3 Å². The zero-order chi connectivity index (χ0) is 21.6. The number of carbonyl (C=O) groups excluding carboxylic acids is 1. The van der Waals surface area contributed by atoms with Gasteiger partial charge in [0.15, 0.2) is 5.78 Å². The second-order valence-corrected chi connectivity index (χ2v) is 7.20. The number of hydrogen-bond acceptors (Lipinski definition) is 3. The van der Waals surface area contributed by atoms with Crippen molar-refractivity contribution in [1.29, 1.82) is 0 Å². The monoisotopic (exact) mass is 411 g/mol. The van der Waals surface area contributed by atoms with E-state index in [9.17, 15) is 9.59 Å². The summed E-state index contributed by atoms with van der Waals surface area (Å²) in [6.45, 7) is 9.11. The van der Waals surface area contributed by atoms with Crippen LogP contribution in [0.5, 0.6) is 5.75 Å². The fraction of sp³-hybridized carbons (Fsp3) is 0.250. The number of carbonyl (C=O) groups is 1. The molecule has 29 heavy (non-hydrogen) atoms. The van der Waals surface area contributed by atoms with Crippen molar-refractivity contribution >= 4 is 17.4 Å². The van der Waals surface area contributed by atoms with Crippen LogP contribution >= 0.6 is 11.6 Å². The summed E-state index contributed by atoms with van der Waals surface area (Å²) in [6.07, 6.45) is 9.95. The molecule has 1 atom stereocenters. The van der Waals surface area contributed by atoms with Gasteiger partial charge in [0.05, 0.1) is 13.3 Å². The number of rotatable bonds is 8. The van der Waals surface area contributed by atoms with E-state index in [1.54, 1.807) is 42.1 Å². The SMILES string of the molecule is C=C/C=C\C(=C/C)CC(C)n1cc(OC)c(-c2cc(Cl)ccc2C(C)=O)cc1=O. The van der Waals surface area contributed by atoms with Crippen LogP contribution in [0.15, 0.2) is 71.7 Å². The van der Waals surface area contributed by atoms with E-state index in [4.69, 9.17) is 16.3 Å². The molecular formula is C24H26ClNO3. The van der Waals surface area contributed by atoms with Crippen LogP contribution in [-0.2, 0) is 0 Å². The van der Waals surface area contributed by atoms with Crippen LogP contribution in [0.3, 0.4) is 0 Å². The molecule has 0 spiro atoms. The largest absolute Gasteiger partial charge is 0.495 e. The number of hydrogen-bond donors (Lipinski definition) is 0. The summed E-state index contributed by atoms with van der Waals surface area (Å²) >= 11 is 6.15. The van der Waals surface area contributed by atoms with Gasteiger partial charge < -0.3 is 9.30 Å². The standard InChI is InChI=1S/C24H26ClNO3/c1-6-8-9-18(7-2)12-16(3)26-15-23(29-5)22(14-24(26)28)21-13-19(25)10-11-20(21)17(4)27/h6-11,13-16H,1,12H2,2-5H3/b9-8-,18-7+. The number of allylic oxidation sites excluding steroid dienone is 5. The Morgan fingerprint density at radius 3 is 2.62 bits per heavy atom. The van der Waals surface area contributed by atoms with Crippen molar-refractivity contribution in [2.45, 2.75) is 33.2 Å². The minimum absolute atomic E-state index is 0.0854. The number of aromatic nitrogens is 1. The average Bonchev–Trinajstić information content (AvgIpc) is 2.70. The minimum atomic E-state index is -0.175. The molecule has 2 aromatic rings. The molecule has 2 rings (SSSR count). The average molecular weight is 412 g/mol. The van der Waals surface area contributed by atoms with Crippen molar-refractivity contribution in [2.24, 2.45) is 0 Å². The van der Waals surface area contributed by atoms with Crippen LogP contribution in [0.25, 0.3) is 11.1 Å². The van der Waals surface area contributed by atoms with E-state index in [-0.39, 0.29) is 17.4 Å². The summed E-state index contributed by atoms with van der Waals surface area (Å²) in [7, 11) is 1.54. The topological polar surface area (TPSA) is 48.3 Å². The molecule has 0 radical (unpaired) electrons. The van der Waals surface area contributed by atoms with Gasteiger partial charge in [0.1, 0.15) is 5.75 Å². The third-order valence-corrected chi connectivity index (χ3v) is 4.97. The normalized spacial score (nSPS) is 12.8. The number of pyridine rings is 1. The maximum absolute atomic E-state index is 12.9. The zero-order valence-corrected chi connectivity index (χ0v) is 18.0. The Balaban J connectivity index is 2.54. The minimum Gasteiger partial charge on any atom is -0.495 e. The number of methoxy groups -OCH3 is 1. The zero-order valence-electron chi connectivity index (χ0n) is 17.2. The van der Waals surface area contributed by atoms with E-state index in [2.05, 4.69) is 6.58 Å². The molecule has 0 saturated heterocycles. The van der Waals surface area contributed by atoms with E-state index < -0.39 is 0 Å². The number of nitrogens with zero attached hydrogens (tertiary/aromatic N) is 1. The lowest BCUT2D eigenvalue weighted by atomic mass is 9.97. The van der Waals surface area contributed by atoms with E-state index >= 15 is 0 Å². The Labute approximate surface area is 176 Å². The van der Waals surface area contributed by atoms with Gasteiger partial charge in [-0.05, 0) is 51.0 Å². The Morgan fingerprint density at radius 2 is 2.03 bits per heavy atom. The number of halogens is 1. The second-order valence-electron chi connectivity index (χ2n) is 6.76. The third kappa shape index (κ3) is 5.36. The van der Waals surface area contributed by atoms with Gasteiger partial charge in [-0.15, -0.1) is 0 Å². The van der Waals surface area contributed by atoms with Gasteiger partial charge in [-0.1, -0.05) is 48.1 Å². The molecule has 0 aliphatic rings. The first-order chi connectivity index (χ1) is 13.8. The summed E-state index contributed by atoms with van der Waals surface area (Å²) in [6, 6.07) is 6.42. The molecule has 0 bridgehead atoms. The smallest absolute Gasteiger partial charge is 0.251 e. The first kappa shape index (κ1) is 22.4. The van der Waals surface area contributed by atoms with Crippen molar-refractivity contribution in [3.63, 3.8) is 0 Å². The molecular weight excluding hydrogens is 386 g/mol. The molecule has 0 aliphatic carbocycles. The molecule has 0 saturated carbocycles. The van der Waals surface area contributed by atoms with Crippen LogP contribution in [0.2, 0.25) is 5.02 Å². The second kappa shape index (κ2) is 10.1. The van der Waals surface area contributed by atoms with Crippen LogP contribution in [0.1, 0.15) is 43.6 Å². The molecule has 1 heterocycles. The van der Waals surface area contributed by atoms with Gasteiger partial charge in [0.2, 0.25) is 0 Å². The Bertz CT molecular complexity index is 1030. The fourth-order valence-corrected chi connectivity index (χ4v) is 3.38. The first-order valence-corrected chi connectivity index (χ1v) is 9.75. The van der Waals surface area contributed by atoms with E-state index in [1.165, 1.54) is 13.0 Å². The maximum atomic E-state index is 12.9. The van der Waals surface area contributed by atoms with Crippen LogP contribution in [-0.4, -0.2) is 17.5 Å². The van der Waals surface area contributed by atoms with Gasteiger partial charge >= 0.3 is 0 Å². The van der Waals surface area contributed by atoms with Crippen molar-refractivity contribution in [2.75, 3.05) is 7.11 Å². The lowest BCUT2D eigenvalue weighted by Gasteiger charge is -2.19. The number of ether oxygens (including phenoxy) is 1. The lowest BCUT2D eigenvalue weighted by Crippen LogP contribution is -2.23. The predicted molar refractivity (Wildman–Crippen MR) is 120 cm³/mol. The summed E-state index contributed by atoms with van der Waals surface area (Å²) in [5.41, 5.74) is 2.55. The van der Waals surface area contributed by atoms with E-state index in [0.29, 0.717) is 33.9 Å². The van der Waals surface area contributed by atoms with Crippen LogP contribution in [0.4, 0.5) is 0 Å². The molecule has 0 N–H and O–H groups in total. The van der Waals surface area contributed by atoms with Gasteiger partial charge in [0.25, 0.3) is 5.56 Å². The van der Waals surface area contributed by atoms with Gasteiger partial charge in [0, 0.05) is 28.3 Å². The summed E-state index contributed by atoms with van der Waals surface area (Å²) in [5.74, 6) is 0.396. The molecule has 0 aliphatic heterocycles. The number of benzene rings is 1. The molecule has 5 heteroatoms. The molecule has 1 aromatic carbocycles. The quantitative estimate of drug-likeness (QED) is 0.394. The number of ketones is 1. The first-order valence-electron chi connectivity index (χ1n) is 9.37. The number of Topliss-reactive ketones (excluding diaryl/α,β-unsaturated/α-hetero) is 1. The molecule has 152 valence electrons. The predicted octanol–water partition coefficient (Wildman–Crippen LogP) is 6.02. The Kier molecular flexibility index (Phi) is 7.80. The Hall–Kier alpha value is -2.85. The van der Waals surface area contributed by atoms with E-state index in [0.717, 1.165) is 5.57 Å². The highest BCUT2D eigenvalue weighted by Gasteiger charge is 2.18. The van der Waals surface area contributed by atoms with Gasteiger partial charge in [-0.25, -0.2) is 0 Å². The van der Waals surface area contributed by atoms with Crippen molar-refractivity contribution in [3.05, 3.63) is 87.9 Å². The highest BCUT2D eigenvalue weighted by atomic mass is 35.5. The summed E-state index contributed by atoms with van der Waals surface area (Å²) in [5, 5.41) is 0.483. The molecule has 0 amide bonds. The molecule has 1 unspecified atom stereocenters. The maximum Gasteiger partial charge on any atom is 0.251 e. The van der Waals surface area contributed by atoms with Crippen molar-refractivity contribution in [1.82, 2.24) is 4.57 Å². The lowest BCUT2D eigenvalue weighted by molar-refractivity contribution is 0.101. The van der Waals surface area contributed by atoms with Gasteiger partial charge in [-0.3, -0.25) is 9.59 Å². The van der Waals surface area contributed by atoms with E-state index in [1.807, 2.05) is 32.1 Å².